The average Bonchev–Trinajstić information content (AvgIpc) is 2.59. The minimum absolute atomic E-state index is 0. The molecule has 0 N–H and O–H groups in total. The Morgan fingerprint density at radius 3 is 1.21 bits per heavy atom. The van der Waals surface area contributed by atoms with E-state index < -0.39 is 11.9 Å². The normalized spacial score (nSPS) is 10.8. The SMILES string of the molecule is CCCCCCCCCCCCCCCCCC/C(=C/C(=O)[O-])C(=O)[O-].[Na+].[Na+]. The molecule has 0 aliphatic rings. The van der Waals surface area contributed by atoms with Gasteiger partial charge in [0.2, 0.25) is 0 Å². The summed E-state index contributed by atoms with van der Waals surface area (Å²) in [6, 6.07) is 0. The minimum atomic E-state index is -1.47. The van der Waals surface area contributed by atoms with Crippen LogP contribution < -0.4 is 69.3 Å². The van der Waals surface area contributed by atoms with E-state index in [1.807, 2.05) is 0 Å². The van der Waals surface area contributed by atoms with Crippen molar-refractivity contribution >= 4 is 11.9 Å². The molecule has 0 aromatic rings. The molecule has 28 heavy (non-hydrogen) atoms. The molecule has 0 aliphatic heterocycles. The number of aliphatic carboxylic acids is 2. The first-order valence-corrected chi connectivity index (χ1v) is 10.7. The van der Waals surface area contributed by atoms with Gasteiger partial charge in [-0.1, -0.05) is 103 Å². The van der Waals surface area contributed by atoms with Crippen LogP contribution in [0.5, 0.6) is 0 Å². The number of hydrogen-bond donors (Lipinski definition) is 0. The van der Waals surface area contributed by atoms with Crippen LogP contribution in [0.2, 0.25) is 0 Å². The molecule has 6 heteroatoms. The van der Waals surface area contributed by atoms with E-state index in [2.05, 4.69) is 6.92 Å². The Morgan fingerprint density at radius 1 is 0.607 bits per heavy atom. The molecule has 0 bridgehead atoms. The number of carboxylic acids is 2. The van der Waals surface area contributed by atoms with Crippen LogP contribution in [0.3, 0.4) is 0 Å². The molecule has 4 nitrogen and oxygen atoms in total. The summed E-state index contributed by atoms with van der Waals surface area (Å²) in [6.07, 6.45) is 21.0. The molecule has 0 amide bonds. The fraction of sp³-hybridized carbons (Fsp3) is 0.818. The molecule has 152 valence electrons. The van der Waals surface area contributed by atoms with Gasteiger partial charge in [-0.3, -0.25) is 0 Å². The van der Waals surface area contributed by atoms with Crippen molar-refractivity contribution in [1.29, 1.82) is 0 Å². The molecule has 0 aliphatic carbocycles. The van der Waals surface area contributed by atoms with Crippen molar-refractivity contribution in [2.24, 2.45) is 0 Å². The van der Waals surface area contributed by atoms with Gasteiger partial charge in [-0.2, -0.15) is 0 Å². The Hall–Kier alpha value is 0.680. The molecular formula is C22H38Na2O4. The fourth-order valence-electron chi connectivity index (χ4n) is 3.24. The van der Waals surface area contributed by atoms with E-state index in [1.54, 1.807) is 0 Å². The predicted molar refractivity (Wildman–Crippen MR) is 102 cm³/mol. The Labute approximate surface area is 216 Å². The van der Waals surface area contributed by atoms with Gasteiger partial charge in [-0.05, 0) is 24.5 Å². The standard InChI is InChI=1S/C22H40O4.2Na/c1-2-3-4-5-6-7-8-9-10-11-12-13-14-15-16-17-18-20(22(25)26)19-21(23)24;;/h19H,2-18H2,1H3,(H,23,24)(H,25,26);;/q;2*+1/p-2/b20-19-;;. The average molecular weight is 413 g/mol. The van der Waals surface area contributed by atoms with Crippen LogP contribution >= 0.6 is 0 Å². The Morgan fingerprint density at radius 2 is 0.929 bits per heavy atom. The summed E-state index contributed by atoms with van der Waals surface area (Å²) >= 11 is 0. The van der Waals surface area contributed by atoms with E-state index in [4.69, 9.17) is 0 Å². The summed E-state index contributed by atoms with van der Waals surface area (Å²) in [7, 11) is 0. The van der Waals surface area contributed by atoms with E-state index >= 15 is 0 Å². The zero-order valence-electron chi connectivity index (χ0n) is 18.7. The molecule has 0 fully saturated rings. The van der Waals surface area contributed by atoms with Crippen LogP contribution in [0.25, 0.3) is 0 Å². The topological polar surface area (TPSA) is 80.3 Å². The third-order valence-electron chi connectivity index (χ3n) is 4.85. The Bertz CT molecular complexity index is 398. The van der Waals surface area contributed by atoms with Crippen molar-refractivity contribution in [1.82, 2.24) is 0 Å². The van der Waals surface area contributed by atoms with Gasteiger partial charge in [0, 0.05) is 0 Å². The molecule has 0 spiro atoms. The zero-order valence-corrected chi connectivity index (χ0v) is 22.7. The van der Waals surface area contributed by atoms with E-state index in [0.717, 1.165) is 12.8 Å². The number of carbonyl (C=O) groups is 2. The summed E-state index contributed by atoms with van der Waals surface area (Å²) in [5, 5.41) is 21.2. The number of unbranched alkanes of at least 4 members (excludes halogenated alkanes) is 15. The van der Waals surface area contributed by atoms with Crippen LogP contribution in [0.1, 0.15) is 116 Å². The van der Waals surface area contributed by atoms with Gasteiger partial charge in [0.25, 0.3) is 0 Å². The van der Waals surface area contributed by atoms with Gasteiger partial charge in [0.15, 0.2) is 0 Å². The summed E-state index contributed by atoms with van der Waals surface area (Å²) in [6.45, 7) is 2.25. The van der Waals surface area contributed by atoms with Crippen molar-refractivity contribution in [2.45, 2.75) is 116 Å². The van der Waals surface area contributed by atoms with Crippen molar-refractivity contribution < 1.29 is 78.9 Å². The summed E-state index contributed by atoms with van der Waals surface area (Å²) in [5.41, 5.74) is -0.171. The maximum Gasteiger partial charge on any atom is 1.00 e. The number of carbonyl (C=O) groups excluding carboxylic acids is 2. The number of hydrogen-bond acceptors (Lipinski definition) is 4. The molecule has 0 aromatic heterocycles. The van der Waals surface area contributed by atoms with E-state index in [9.17, 15) is 19.8 Å². The van der Waals surface area contributed by atoms with Crippen molar-refractivity contribution in [3.8, 4) is 0 Å². The monoisotopic (exact) mass is 412 g/mol. The van der Waals surface area contributed by atoms with Gasteiger partial charge < -0.3 is 19.8 Å². The second-order valence-corrected chi connectivity index (χ2v) is 7.33. The first kappa shape index (κ1) is 33.3. The number of rotatable bonds is 19. The first-order valence-electron chi connectivity index (χ1n) is 10.7. The molecule has 0 saturated carbocycles. The van der Waals surface area contributed by atoms with Crippen LogP contribution in [0.15, 0.2) is 11.6 Å². The van der Waals surface area contributed by atoms with Gasteiger partial charge in [-0.25, -0.2) is 0 Å². The van der Waals surface area contributed by atoms with Crippen LogP contribution in [0, 0.1) is 0 Å². The van der Waals surface area contributed by atoms with Crippen LogP contribution in [0.4, 0.5) is 0 Å². The third kappa shape index (κ3) is 24.7. The fourth-order valence-corrected chi connectivity index (χ4v) is 3.24. The summed E-state index contributed by atoms with van der Waals surface area (Å²) in [4.78, 5) is 21.2. The number of carboxylic acid groups (broad SMARTS) is 2. The smallest absolute Gasteiger partial charge is 0.545 e. The van der Waals surface area contributed by atoms with E-state index in [0.29, 0.717) is 12.5 Å². The summed E-state index contributed by atoms with van der Waals surface area (Å²) < 4.78 is 0. The van der Waals surface area contributed by atoms with Gasteiger partial charge >= 0.3 is 59.1 Å². The summed E-state index contributed by atoms with van der Waals surface area (Å²) in [5.74, 6) is -2.88. The molecule has 0 rings (SSSR count). The Balaban J connectivity index is -0.00000312. The third-order valence-corrected chi connectivity index (χ3v) is 4.85. The van der Waals surface area contributed by atoms with Crippen molar-refractivity contribution in [3.63, 3.8) is 0 Å². The molecule has 0 heterocycles. The molecule has 0 aromatic carbocycles. The molecular weight excluding hydrogens is 374 g/mol. The van der Waals surface area contributed by atoms with Crippen LogP contribution in [-0.2, 0) is 9.59 Å². The van der Waals surface area contributed by atoms with Gasteiger partial charge in [-0.15, -0.1) is 0 Å². The maximum atomic E-state index is 10.8. The van der Waals surface area contributed by atoms with Crippen molar-refractivity contribution in [3.05, 3.63) is 11.6 Å². The zero-order chi connectivity index (χ0) is 19.5. The van der Waals surface area contributed by atoms with E-state index in [-0.39, 0.29) is 71.1 Å². The van der Waals surface area contributed by atoms with Crippen molar-refractivity contribution in [2.75, 3.05) is 0 Å². The van der Waals surface area contributed by atoms with Gasteiger partial charge in [0.05, 0.1) is 11.9 Å². The van der Waals surface area contributed by atoms with Gasteiger partial charge in [0.1, 0.15) is 0 Å². The molecule has 0 unspecified atom stereocenters. The Kier molecular flexibility index (Phi) is 30.6. The maximum absolute atomic E-state index is 10.8. The van der Waals surface area contributed by atoms with Crippen LogP contribution in [-0.4, -0.2) is 11.9 Å². The molecule has 0 atom stereocenters. The second kappa shape index (κ2) is 25.7. The largest absolute Gasteiger partial charge is 1.00 e. The first-order chi connectivity index (χ1) is 12.6. The quantitative estimate of drug-likeness (QED) is 0.141. The van der Waals surface area contributed by atoms with E-state index in [1.165, 1.54) is 83.5 Å². The predicted octanol–water partition coefficient (Wildman–Crippen LogP) is -1.93. The molecule has 0 saturated heterocycles. The second-order valence-electron chi connectivity index (χ2n) is 7.33. The molecule has 0 radical (unpaired) electrons. The minimum Gasteiger partial charge on any atom is -0.545 e.